The number of ketones is 1. The van der Waals surface area contributed by atoms with Crippen LogP contribution >= 0.6 is 0 Å². The van der Waals surface area contributed by atoms with Gasteiger partial charge >= 0.3 is 0 Å². The lowest BCUT2D eigenvalue weighted by atomic mass is 10.1. The Labute approximate surface area is 186 Å². The number of pyridine rings is 1. The molecule has 1 saturated heterocycles. The molecule has 0 atom stereocenters. The minimum absolute atomic E-state index is 0.0685. The molecule has 1 aliphatic heterocycles. The van der Waals surface area contributed by atoms with Gasteiger partial charge in [-0.25, -0.2) is 9.37 Å². The van der Waals surface area contributed by atoms with Gasteiger partial charge in [0.1, 0.15) is 5.69 Å². The lowest BCUT2D eigenvalue weighted by Gasteiger charge is -2.34. The van der Waals surface area contributed by atoms with Crippen LogP contribution in [-0.4, -0.2) is 73.7 Å². The van der Waals surface area contributed by atoms with Crippen LogP contribution in [0.3, 0.4) is 0 Å². The number of nitrogens with zero attached hydrogens (tertiary/aromatic N) is 5. The molecule has 1 aromatic carbocycles. The fourth-order valence-electron chi connectivity index (χ4n) is 3.87. The van der Waals surface area contributed by atoms with Gasteiger partial charge in [-0.3, -0.25) is 14.4 Å². The number of H-pyrrole nitrogens is 1. The fraction of sp³-hybridized carbons (Fsp3) is 0.182. The van der Waals surface area contributed by atoms with Crippen LogP contribution in [-0.2, 0) is 4.79 Å². The molecular formula is C22H17FN6O4. The highest BCUT2D eigenvalue weighted by molar-refractivity contribution is 6.45. The quantitative estimate of drug-likeness (QED) is 0.373. The maximum absolute atomic E-state index is 14.6. The summed E-state index contributed by atoms with van der Waals surface area (Å²) in [6, 6.07) is 8.85. The number of benzene rings is 1. The van der Waals surface area contributed by atoms with Crippen LogP contribution in [0, 0.1) is 5.82 Å². The molecule has 4 aromatic rings. The molecule has 166 valence electrons. The minimum atomic E-state index is -0.853. The number of carbonyl (C=O) groups excluding carboxylic acids is 3. The van der Waals surface area contributed by atoms with Crippen molar-refractivity contribution in [1.29, 1.82) is 0 Å². The average molecular weight is 448 g/mol. The first-order valence-corrected chi connectivity index (χ1v) is 10.1. The summed E-state index contributed by atoms with van der Waals surface area (Å²) >= 11 is 0. The molecule has 0 radical (unpaired) electrons. The van der Waals surface area contributed by atoms with E-state index in [2.05, 4.69) is 20.1 Å². The van der Waals surface area contributed by atoms with E-state index in [1.807, 2.05) is 6.07 Å². The van der Waals surface area contributed by atoms with Crippen LogP contribution in [0.25, 0.3) is 22.4 Å². The summed E-state index contributed by atoms with van der Waals surface area (Å²) in [5.41, 5.74) is 0.835. The van der Waals surface area contributed by atoms with Gasteiger partial charge in [0, 0.05) is 37.9 Å². The number of Topliss-reactive ketones (excluding diaryl/α,β-unsaturated/α-hetero) is 1. The molecule has 33 heavy (non-hydrogen) atoms. The molecule has 0 unspecified atom stereocenters. The van der Waals surface area contributed by atoms with Crippen molar-refractivity contribution in [3.63, 3.8) is 0 Å². The SMILES string of the molecule is O=C(C(=O)N1CCN(C(=O)c2ccccc2)CC1)c1c[nH]c2c(-c3ncon3)ncc(F)c12. The van der Waals surface area contributed by atoms with Gasteiger partial charge in [-0.2, -0.15) is 4.98 Å². The van der Waals surface area contributed by atoms with Crippen molar-refractivity contribution in [3.05, 3.63) is 66.1 Å². The minimum Gasteiger partial charge on any atom is -0.358 e. The highest BCUT2D eigenvalue weighted by Gasteiger charge is 2.31. The second-order valence-electron chi connectivity index (χ2n) is 7.44. The number of hydrogen-bond acceptors (Lipinski definition) is 7. The number of carbonyl (C=O) groups is 3. The molecular weight excluding hydrogens is 431 g/mol. The van der Waals surface area contributed by atoms with Crippen molar-refractivity contribution >= 4 is 28.5 Å². The van der Waals surface area contributed by atoms with E-state index in [9.17, 15) is 18.8 Å². The van der Waals surface area contributed by atoms with Crippen LogP contribution in [0.1, 0.15) is 20.7 Å². The third kappa shape index (κ3) is 3.63. The number of aromatic nitrogens is 4. The lowest BCUT2D eigenvalue weighted by molar-refractivity contribution is -0.127. The number of halogens is 1. The number of fused-ring (bicyclic) bond motifs is 1. The smallest absolute Gasteiger partial charge is 0.295 e. The van der Waals surface area contributed by atoms with E-state index in [1.54, 1.807) is 29.2 Å². The molecule has 1 fully saturated rings. The Hall–Kier alpha value is -4.41. The molecule has 4 heterocycles. The van der Waals surface area contributed by atoms with Crippen LogP contribution < -0.4 is 0 Å². The first-order valence-electron chi connectivity index (χ1n) is 10.1. The van der Waals surface area contributed by atoms with Crippen molar-refractivity contribution in [1.82, 2.24) is 29.9 Å². The first-order chi connectivity index (χ1) is 16.0. The lowest BCUT2D eigenvalue weighted by Crippen LogP contribution is -2.52. The van der Waals surface area contributed by atoms with E-state index >= 15 is 0 Å². The van der Waals surface area contributed by atoms with Crippen LogP contribution in [0.15, 0.2) is 53.6 Å². The molecule has 0 bridgehead atoms. The molecule has 0 aliphatic carbocycles. The summed E-state index contributed by atoms with van der Waals surface area (Å²) in [4.78, 5) is 52.1. The summed E-state index contributed by atoms with van der Waals surface area (Å²) in [5.74, 6) is -2.39. The van der Waals surface area contributed by atoms with E-state index in [4.69, 9.17) is 4.52 Å². The van der Waals surface area contributed by atoms with E-state index in [0.29, 0.717) is 18.7 Å². The zero-order valence-corrected chi connectivity index (χ0v) is 17.2. The second-order valence-corrected chi connectivity index (χ2v) is 7.44. The molecule has 3 aromatic heterocycles. The summed E-state index contributed by atoms with van der Waals surface area (Å²) in [6.45, 7) is 0.981. The van der Waals surface area contributed by atoms with Crippen LogP contribution in [0.5, 0.6) is 0 Å². The van der Waals surface area contributed by atoms with Gasteiger partial charge in [0.05, 0.1) is 22.7 Å². The topological polar surface area (TPSA) is 125 Å². The van der Waals surface area contributed by atoms with Gasteiger partial charge in [0.2, 0.25) is 12.2 Å². The molecule has 0 spiro atoms. The summed E-state index contributed by atoms with van der Waals surface area (Å²) < 4.78 is 19.3. The van der Waals surface area contributed by atoms with Gasteiger partial charge in [-0.15, -0.1) is 0 Å². The van der Waals surface area contributed by atoms with E-state index in [1.165, 1.54) is 11.1 Å². The van der Waals surface area contributed by atoms with Crippen molar-refractivity contribution < 1.29 is 23.3 Å². The Morgan fingerprint density at radius 1 is 1.00 bits per heavy atom. The molecule has 1 N–H and O–H groups in total. The fourth-order valence-corrected chi connectivity index (χ4v) is 3.87. The second kappa shape index (κ2) is 8.26. The molecule has 11 heteroatoms. The Morgan fingerprint density at radius 2 is 1.73 bits per heavy atom. The van der Waals surface area contributed by atoms with Crippen molar-refractivity contribution in [2.75, 3.05) is 26.2 Å². The Balaban J connectivity index is 1.34. The Morgan fingerprint density at radius 3 is 2.42 bits per heavy atom. The zero-order chi connectivity index (χ0) is 22.9. The molecule has 10 nitrogen and oxygen atoms in total. The number of piperazine rings is 1. The van der Waals surface area contributed by atoms with Crippen molar-refractivity contribution in [3.8, 4) is 11.5 Å². The predicted molar refractivity (Wildman–Crippen MR) is 113 cm³/mol. The third-order valence-corrected chi connectivity index (χ3v) is 5.55. The standard InChI is InChI=1S/C22H17FN6O4/c23-15-11-25-18(20-26-12-33-27-20)17-16(15)14(10-24-17)19(30)22(32)29-8-6-28(7-9-29)21(31)13-4-2-1-3-5-13/h1-5,10-12,24H,6-9H2. The summed E-state index contributed by atoms with van der Waals surface area (Å²) in [6.07, 6.45) is 3.32. The number of rotatable bonds is 4. The number of amides is 2. The first kappa shape index (κ1) is 20.5. The summed E-state index contributed by atoms with van der Waals surface area (Å²) in [7, 11) is 0. The molecule has 1 aliphatic rings. The van der Waals surface area contributed by atoms with Crippen LogP contribution in [0.2, 0.25) is 0 Å². The van der Waals surface area contributed by atoms with Crippen LogP contribution in [0.4, 0.5) is 4.39 Å². The van der Waals surface area contributed by atoms with Gasteiger partial charge in [-0.1, -0.05) is 23.4 Å². The Bertz CT molecular complexity index is 1340. The predicted octanol–water partition coefficient (Wildman–Crippen LogP) is 1.92. The maximum Gasteiger partial charge on any atom is 0.295 e. The maximum atomic E-state index is 14.6. The van der Waals surface area contributed by atoms with E-state index < -0.39 is 17.5 Å². The van der Waals surface area contributed by atoms with Crippen molar-refractivity contribution in [2.24, 2.45) is 0 Å². The van der Waals surface area contributed by atoms with Gasteiger partial charge in [-0.05, 0) is 12.1 Å². The average Bonchev–Trinajstić information content (AvgIpc) is 3.55. The van der Waals surface area contributed by atoms with E-state index in [0.717, 1.165) is 12.6 Å². The van der Waals surface area contributed by atoms with Crippen molar-refractivity contribution in [2.45, 2.75) is 0 Å². The van der Waals surface area contributed by atoms with E-state index in [-0.39, 0.29) is 47.0 Å². The monoisotopic (exact) mass is 448 g/mol. The van der Waals surface area contributed by atoms with Gasteiger partial charge in [0.25, 0.3) is 17.6 Å². The zero-order valence-electron chi connectivity index (χ0n) is 17.2. The molecule has 5 rings (SSSR count). The molecule has 0 saturated carbocycles. The largest absolute Gasteiger partial charge is 0.358 e. The summed E-state index contributed by atoms with van der Waals surface area (Å²) in [5, 5.41) is 3.62. The number of hydrogen-bond donors (Lipinski definition) is 1. The molecule has 2 amide bonds. The number of aromatic amines is 1. The van der Waals surface area contributed by atoms with Gasteiger partial charge in [0.15, 0.2) is 5.82 Å². The third-order valence-electron chi connectivity index (χ3n) is 5.55. The van der Waals surface area contributed by atoms with Gasteiger partial charge < -0.3 is 19.3 Å². The normalized spacial score (nSPS) is 14.0. The highest BCUT2D eigenvalue weighted by Crippen LogP contribution is 2.28. The Kier molecular flexibility index (Phi) is 5.13. The highest BCUT2D eigenvalue weighted by atomic mass is 19.1. The number of nitrogens with one attached hydrogen (secondary N) is 1.